The van der Waals surface area contributed by atoms with Crippen molar-refractivity contribution in [3.05, 3.63) is 38.6 Å². The van der Waals surface area contributed by atoms with Gasteiger partial charge in [0.25, 0.3) is 0 Å². The van der Waals surface area contributed by atoms with Crippen molar-refractivity contribution in [1.82, 2.24) is 0 Å². The predicted octanol–water partition coefficient (Wildman–Crippen LogP) is 0.963. The Morgan fingerprint density at radius 1 is 1.25 bits per heavy atom. The number of benzene rings is 1. The number of hydrogen-bond acceptors (Lipinski definition) is 2. The van der Waals surface area contributed by atoms with Crippen LogP contribution in [-0.4, -0.2) is 25.5 Å². The summed E-state index contributed by atoms with van der Waals surface area (Å²) < 4.78 is 2.97. The van der Waals surface area contributed by atoms with Gasteiger partial charge in [-0.05, 0) is 0 Å². The van der Waals surface area contributed by atoms with Gasteiger partial charge in [0.1, 0.15) is 0 Å². The zero-order valence-corrected chi connectivity index (χ0v) is 8.48. The Morgan fingerprint density at radius 3 is 2.92 bits per heavy atom. The van der Waals surface area contributed by atoms with E-state index in [9.17, 15) is 4.79 Å². The van der Waals surface area contributed by atoms with E-state index in [0.717, 1.165) is 8.79 Å². The van der Waals surface area contributed by atoms with Gasteiger partial charge < -0.3 is 0 Å². The number of phenolic OH excluding ortho intramolecular Hbond substituents is 1. The average molecular weight is 274 g/mol. The van der Waals surface area contributed by atoms with Crippen molar-refractivity contribution in [2.75, 3.05) is 0 Å². The molecular formula is C9H6O2Te. The van der Waals surface area contributed by atoms with Gasteiger partial charge in [-0.3, -0.25) is 0 Å². The Morgan fingerprint density at radius 2 is 2.08 bits per heavy atom. The van der Waals surface area contributed by atoms with Crippen molar-refractivity contribution in [1.29, 1.82) is 0 Å². The first-order chi connectivity index (χ1) is 5.77. The molecule has 0 saturated heterocycles. The topological polar surface area (TPSA) is 37.3 Å². The van der Waals surface area contributed by atoms with E-state index >= 15 is 0 Å². The van der Waals surface area contributed by atoms with Crippen molar-refractivity contribution in [2.45, 2.75) is 0 Å². The van der Waals surface area contributed by atoms with E-state index in [1.807, 2.05) is 4.08 Å². The number of phenols is 1. The van der Waals surface area contributed by atoms with E-state index in [4.69, 9.17) is 5.11 Å². The quantitative estimate of drug-likeness (QED) is 0.726. The Hall–Kier alpha value is -0.780. The molecule has 12 heavy (non-hydrogen) atoms. The molecule has 0 saturated carbocycles. The summed E-state index contributed by atoms with van der Waals surface area (Å²) in [6.07, 6.45) is 0. The van der Waals surface area contributed by atoms with Gasteiger partial charge in [-0.1, -0.05) is 0 Å². The van der Waals surface area contributed by atoms with Crippen LogP contribution in [0.1, 0.15) is 0 Å². The molecule has 0 aliphatic carbocycles. The number of rotatable bonds is 0. The van der Waals surface area contributed by atoms with Crippen molar-refractivity contribution in [3.63, 3.8) is 0 Å². The van der Waals surface area contributed by atoms with Gasteiger partial charge in [0, 0.05) is 0 Å². The van der Waals surface area contributed by atoms with Crippen LogP contribution >= 0.6 is 0 Å². The van der Waals surface area contributed by atoms with Crippen LogP contribution in [0.15, 0.2) is 33.1 Å². The molecule has 0 aliphatic rings. The molecule has 3 heteroatoms. The van der Waals surface area contributed by atoms with Crippen molar-refractivity contribution in [2.24, 2.45) is 0 Å². The number of fused-ring (bicyclic) bond motifs is 1. The molecule has 0 amide bonds. The van der Waals surface area contributed by atoms with Crippen molar-refractivity contribution in [3.8, 4) is 5.75 Å². The second-order valence-corrected chi connectivity index (χ2v) is 5.17. The van der Waals surface area contributed by atoms with Gasteiger partial charge in [0.05, 0.1) is 0 Å². The second-order valence-electron chi connectivity index (χ2n) is 2.47. The van der Waals surface area contributed by atoms with E-state index in [0.29, 0.717) is 0 Å². The third kappa shape index (κ3) is 1.26. The molecule has 1 N–H and O–H groups in total. The zero-order valence-electron chi connectivity index (χ0n) is 6.15. The molecule has 2 rings (SSSR count). The van der Waals surface area contributed by atoms with Gasteiger partial charge in [0.2, 0.25) is 0 Å². The monoisotopic (exact) mass is 276 g/mol. The number of hydrogen-bond donors (Lipinski definition) is 1. The first-order valence-electron chi connectivity index (χ1n) is 3.48. The minimum atomic E-state index is -0.382. The van der Waals surface area contributed by atoms with Crippen LogP contribution in [0.5, 0.6) is 5.75 Å². The van der Waals surface area contributed by atoms with Gasteiger partial charge in [-0.15, -0.1) is 0 Å². The molecule has 2 aromatic rings. The maximum atomic E-state index is 11.2. The summed E-state index contributed by atoms with van der Waals surface area (Å²) >= 11 is -0.382. The Balaban J connectivity index is 2.96. The molecule has 0 unspecified atom stereocenters. The molecule has 0 atom stereocenters. The van der Waals surface area contributed by atoms with Gasteiger partial charge in [-0.25, -0.2) is 0 Å². The second kappa shape index (κ2) is 2.93. The SMILES string of the molecule is O=c1cc[te]c2cc(O)ccc12. The van der Waals surface area contributed by atoms with Crippen LogP contribution in [0, 0.1) is 0 Å². The minimum absolute atomic E-state index is 0.0568. The molecule has 2 nitrogen and oxygen atoms in total. The van der Waals surface area contributed by atoms with E-state index in [1.165, 1.54) is 0 Å². The summed E-state index contributed by atoms with van der Waals surface area (Å²) in [6, 6.07) is 6.57. The zero-order chi connectivity index (χ0) is 8.55. The molecular weight excluding hydrogens is 268 g/mol. The predicted molar refractivity (Wildman–Crippen MR) is 48.8 cm³/mol. The summed E-state index contributed by atoms with van der Waals surface area (Å²) in [5.74, 6) is 0.252. The van der Waals surface area contributed by atoms with Crippen LogP contribution < -0.4 is 5.43 Å². The molecule has 60 valence electrons. The molecule has 0 aliphatic heterocycles. The third-order valence-electron chi connectivity index (χ3n) is 1.65. The molecule has 1 aromatic carbocycles. The van der Waals surface area contributed by atoms with E-state index in [2.05, 4.69) is 0 Å². The van der Waals surface area contributed by atoms with E-state index < -0.39 is 0 Å². The fourth-order valence-corrected chi connectivity index (χ4v) is 3.42. The summed E-state index contributed by atoms with van der Waals surface area (Å²) in [5, 5.41) is 9.92. The van der Waals surface area contributed by atoms with Gasteiger partial charge in [0.15, 0.2) is 0 Å². The van der Waals surface area contributed by atoms with Crippen molar-refractivity contribution < 1.29 is 5.11 Å². The Labute approximate surface area is 78.7 Å². The first kappa shape index (κ1) is 7.85. The van der Waals surface area contributed by atoms with E-state index in [-0.39, 0.29) is 31.6 Å². The molecule has 0 spiro atoms. The average Bonchev–Trinajstić information content (AvgIpc) is 2.04. The molecule has 0 radical (unpaired) electrons. The third-order valence-corrected chi connectivity index (χ3v) is 4.11. The van der Waals surface area contributed by atoms with Crippen LogP contribution in [0.3, 0.4) is 0 Å². The summed E-state index contributed by atoms with van der Waals surface area (Å²) in [6.45, 7) is 0. The molecule has 0 bridgehead atoms. The van der Waals surface area contributed by atoms with Crippen LogP contribution in [0.25, 0.3) is 8.79 Å². The van der Waals surface area contributed by atoms with Gasteiger partial charge >= 0.3 is 78.6 Å². The maximum absolute atomic E-state index is 11.2. The van der Waals surface area contributed by atoms with Crippen molar-refractivity contribution >= 4 is 29.2 Å². The van der Waals surface area contributed by atoms with E-state index in [1.54, 1.807) is 24.3 Å². The standard InChI is InChI=1S/C9H6O2Te/c10-6-1-2-7-8(11)3-4-12-9(7)5-6/h1-5,10H. The van der Waals surface area contributed by atoms with Crippen LogP contribution in [0.2, 0.25) is 0 Å². The fourth-order valence-electron chi connectivity index (χ4n) is 1.07. The summed E-state index contributed by atoms with van der Waals surface area (Å²) in [7, 11) is 0. The Bertz CT molecular complexity index is 473. The summed E-state index contributed by atoms with van der Waals surface area (Å²) in [5.41, 5.74) is 0.0568. The Kier molecular flexibility index (Phi) is 1.92. The first-order valence-corrected chi connectivity index (χ1v) is 5.99. The summed E-state index contributed by atoms with van der Waals surface area (Å²) in [4.78, 5) is 11.2. The van der Waals surface area contributed by atoms with Crippen LogP contribution in [0.4, 0.5) is 0 Å². The fraction of sp³-hybridized carbons (Fsp3) is 0. The molecule has 1 heterocycles. The van der Waals surface area contributed by atoms with Crippen LogP contribution in [-0.2, 0) is 0 Å². The number of aromatic hydroxyl groups is 1. The molecule has 0 fully saturated rings. The normalized spacial score (nSPS) is 10.3. The van der Waals surface area contributed by atoms with Gasteiger partial charge in [-0.2, -0.15) is 0 Å². The molecule has 1 aromatic heterocycles.